The van der Waals surface area contributed by atoms with Gasteiger partial charge in [-0.15, -0.1) is 11.3 Å². The highest BCUT2D eigenvalue weighted by atomic mass is 32.1. The summed E-state index contributed by atoms with van der Waals surface area (Å²) in [6, 6.07) is 8.77. The summed E-state index contributed by atoms with van der Waals surface area (Å²) in [6.45, 7) is 0.708. The first kappa shape index (κ1) is 37.9. The molecule has 6 N–H and O–H groups in total. The van der Waals surface area contributed by atoms with Gasteiger partial charge in [-0.25, -0.2) is 18.2 Å². The Kier molecular flexibility index (Phi) is 9.64. The second kappa shape index (κ2) is 14.5. The second-order valence-electron chi connectivity index (χ2n) is 14.0. The van der Waals surface area contributed by atoms with Gasteiger partial charge in [0.25, 0.3) is 0 Å². The zero-order valence-corrected chi connectivity index (χ0v) is 30.6. The Morgan fingerprint density at radius 2 is 1.93 bits per heavy atom. The average molecular weight is 807 g/mol. The number of nitriles is 1. The minimum atomic E-state index is -5.42. The lowest BCUT2D eigenvalue weighted by atomic mass is 9.91. The molecular weight excluding hydrogens is 775 g/mol. The van der Waals surface area contributed by atoms with Gasteiger partial charge in [0, 0.05) is 41.9 Å². The van der Waals surface area contributed by atoms with Crippen molar-refractivity contribution in [3.8, 4) is 29.0 Å². The molecule has 12 nitrogen and oxygen atoms in total. The Bertz CT molecular complexity index is 2570. The van der Waals surface area contributed by atoms with Crippen molar-refractivity contribution < 1.29 is 36.2 Å². The molecule has 2 fully saturated rings. The van der Waals surface area contributed by atoms with Gasteiger partial charge in [-0.3, -0.25) is 4.90 Å². The van der Waals surface area contributed by atoms with Crippen molar-refractivity contribution in [1.29, 1.82) is 5.26 Å². The Balaban J connectivity index is 1.36. The molecule has 8 rings (SSSR count). The molecule has 0 unspecified atom stereocenters. The fourth-order valence-electron chi connectivity index (χ4n) is 8.10. The molecule has 6 aromatic rings. The van der Waals surface area contributed by atoms with E-state index >= 15 is 22.0 Å². The summed E-state index contributed by atoms with van der Waals surface area (Å²) in [4.78, 5) is 14.8. The van der Waals surface area contributed by atoms with E-state index in [0.717, 1.165) is 18.6 Å². The van der Waals surface area contributed by atoms with Crippen molar-refractivity contribution in [2.45, 2.75) is 56.0 Å². The number of benzene rings is 2. The molecule has 6 heterocycles. The number of phenolic OH excluding ortho intramolecular Hbond substituents is 1. The number of phenols is 1. The van der Waals surface area contributed by atoms with Gasteiger partial charge in [0.1, 0.15) is 58.1 Å². The van der Waals surface area contributed by atoms with Crippen LogP contribution in [0.1, 0.15) is 54.1 Å². The van der Waals surface area contributed by atoms with Gasteiger partial charge in [-0.05, 0) is 62.1 Å². The quantitative estimate of drug-likeness (QED) is 0.100. The maximum Gasteiger partial charge on any atom is 0.420 e. The van der Waals surface area contributed by atoms with Crippen LogP contribution in [0.15, 0.2) is 48.8 Å². The highest BCUT2D eigenvalue weighted by molar-refractivity contribution is 7.23. The fraction of sp³-hybridized carbons (Fsp3) is 0.316. The highest BCUT2D eigenvalue weighted by Gasteiger charge is 2.49. The molecule has 0 amide bonds. The second-order valence-corrected chi connectivity index (χ2v) is 15.1. The van der Waals surface area contributed by atoms with E-state index in [1.54, 1.807) is 30.3 Å². The maximum atomic E-state index is 17.4. The van der Waals surface area contributed by atoms with Crippen molar-refractivity contribution >= 4 is 49.0 Å². The Hall–Kier alpha value is -6.00. The minimum Gasteiger partial charge on any atom is -0.506 e. The Morgan fingerprint density at radius 3 is 2.67 bits per heavy atom. The number of hydrogen-bond acceptors (Lipinski definition) is 13. The predicted octanol–water partition coefficient (Wildman–Crippen LogP) is 7.48. The van der Waals surface area contributed by atoms with Gasteiger partial charge in [0.15, 0.2) is 5.82 Å². The number of aromatic hydroxyl groups is 1. The van der Waals surface area contributed by atoms with E-state index < -0.39 is 80.7 Å². The molecular formula is C38H32F6N10O2S. The third-order valence-electron chi connectivity index (χ3n) is 10.6. The number of aryl methyl sites for hydroxylation is 1. The molecule has 19 heteroatoms. The molecule has 2 aromatic carbocycles. The van der Waals surface area contributed by atoms with Crippen LogP contribution < -0.4 is 21.5 Å². The van der Waals surface area contributed by atoms with Crippen molar-refractivity contribution in [2.24, 2.45) is 0 Å². The normalized spacial score (nSPS) is 18.9. The van der Waals surface area contributed by atoms with E-state index in [-0.39, 0.29) is 58.9 Å². The summed E-state index contributed by atoms with van der Waals surface area (Å²) in [5.74, 6) is -4.31. The topological polar surface area (TPSA) is 185 Å². The van der Waals surface area contributed by atoms with Crippen LogP contribution in [0.25, 0.3) is 32.1 Å². The lowest BCUT2D eigenvalue weighted by Gasteiger charge is -2.31. The number of alkyl halides is 4. The summed E-state index contributed by atoms with van der Waals surface area (Å²) < 4.78 is 98.7. The van der Waals surface area contributed by atoms with Crippen molar-refractivity contribution in [3.63, 3.8) is 0 Å². The molecule has 3 atom stereocenters. The number of hydrogen-bond donors (Lipinski definition) is 4. The Labute approximate surface area is 324 Å². The standard InChI is InChI=1S/C38H32F6N10O2S/c39-18-14-37(10-3-13-54(37)16-18)17-56-36-51-30-27(35(52-36)50-24(20-5-2-11-48-33(20)46)9-6-19-4-1-12-49-53-19)31(55)28(38(42,43)44)26(29(30)41)21-7-8-23(40)32-25(21)22(15-45)34(47)57-32/h1-2,4-5,7-8,11-12,18,24,55H,3,6,9-10,13-14,16-17,47H2,(H2,46,48)(H,50,51,52)/t18-,24-,37+/m1/s1. The summed E-state index contributed by atoms with van der Waals surface area (Å²) in [7, 11) is 0. The molecule has 0 radical (unpaired) electrons. The van der Waals surface area contributed by atoms with Gasteiger partial charge in [-0.1, -0.05) is 12.1 Å². The van der Waals surface area contributed by atoms with E-state index in [1.807, 2.05) is 4.90 Å². The molecule has 4 aromatic heterocycles. The average Bonchev–Trinajstić information content (AvgIpc) is 3.83. The largest absolute Gasteiger partial charge is 0.506 e. The lowest BCUT2D eigenvalue weighted by molar-refractivity contribution is -0.138. The van der Waals surface area contributed by atoms with Crippen LogP contribution in [0.5, 0.6) is 11.8 Å². The van der Waals surface area contributed by atoms with E-state index in [9.17, 15) is 14.8 Å². The predicted molar refractivity (Wildman–Crippen MR) is 200 cm³/mol. The summed E-state index contributed by atoms with van der Waals surface area (Å²) in [6.07, 6.45) is -1.60. The molecule has 0 aliphatic carbocycles. The number of halogens is 6. The summed E-state index contributed by atoms with van der Waals surface area (Å²) in [5, 5.41) is 31.4. The number of nitrogen functional groups attached to an aromatic ring is 2. The van der Waals surface area contributed by atoms with Crippen LogP contribution in [0.3, 0.4) is 0 Å². The SMILES string of the molecule is N#Cc1c(N)sc2c(F)ccc(-c3c(C(F)(F)F)c(O)c4c(N[C@H](CCc5cccnn5)c5cccnc5N)nc(OC[C@@]56CCCN5C[C@H](F)C6)nc4c3F)c12. The van der Waals surface area contributed by atoms with Crippen LogP contribution in [-0.2, 0) is 12.6 Å². The van der Waals surface area contributed by atoms with Crippen LogP contribution in [0.2, 0.25) is 0 Å². The van der Waals surface area contributed by atoms with E-state index in [2.05, 4.69) is 30.5 Å². The number of pyridine rings is 1. The number of aromatic nitrogens is 5. The molecule has 0 saturated carbocycles. The molecule has 0 spiro atoms. The minimum absolute atomic E-state index is 0.0729. The van der Waals surface area contributed by atoms with Crippen molar-refractivity contribution in [2.75, 3.05) is 36.5 Å². The van der Waals surface area contributed by atoms with Crippen LogP contribution in [0, 0.1) is 23.0 Å². The lowest BCUT2D eigenvalue weighted by Crippen LogP contribution is -2.43. The number of nitrogens with two attached hydrogens (primary N) is 2. The fourth-order valence-corrected chi connectivity index (χ4v) is 9.05. The Morgan fingerprint density at radius 1 is 1.12 bits per heavy atom. The number of fused-ring (bicyclic) bond motifs is 3. The van der Waals surface area contributed by atoms with Crippen molar-refractivity contribution in [3.05, 3.63) is 82.8 Å². The van der Waals surface area contributed by atoms with Crippen LogP contribution >= 0.6 is 11.3 Å². The smallest absolute Gasteiger partial charge is 0.420 e. The third-order valence-corrected chi connectivity index (χ3v) is 11.7. The molecule has 0 bridgehead atoms. The van der Waals surface area contributed by atoms with Crippen LogP contribution in [0.4, 0.5) is 43.0 Å². The monoisotopic (exact) mass is 806 g/mol. The zero-order chi connectivity index (χ0) is 40.2. The molecule has 2 saturated heterocycles. The first-order valence-corrected chi connectivity index (χ1v) is 18.6. The molecule has 2 aliphatic heterocycles. The molecule has 2 aliphatic rings. The van der Waals surface area contributed by atoms with Gasteiger partial charge in [-0.2, -0.15) is 38.6 Å². The van der Waals surface area contributed by atoms with Gasteiger partial charge in [0.2, 0.25) is 0 Å². The summed E-state index contributed by atoms with van der Waals surface area (Å²) >= 11 is 0.609. The molecule has 294 valence electrons. The number of thiophene rings is 1. The summed E-state index contributed by atoms with van der Waals surface area (Å²) in [5.41, 5.74) is 7.76. The number of nitrogens with zero attached hydrogens (tertiary/aromatic N) is 7. The van der Waals surface area contributed by atoms with Gasteiger partial charge >= 0.3 is 12.2 Å². The van der Waals surface area contributed by atoms with Crippen LogP contribution in [-0.4, -0.2) is 66.6 Å². The number of rotatable bonds is 10. The van der Waals surface area contributed by atoms with E-state index in [0.29, 0.717) is 35.6 Å². The number of anilines is 3. The zero-order valence-electron chi connectivity index (χ0n) is 29.7. The van der Waals surface area contributed by atoms with E-state index in [1.165, 1.54) is 12.4 Å². The van der Waals surface area contributed by atoms with Gasteiger partial charge < -0.3 is 26.6 Å². The highest BCUT2D eigenvalue weighted by Crippen LogP contribution is 2.52. The maximum absolute atomic E-state index is 17.4. The number of nitrogens with one attached hydrogen (secondary N) is 1. The first-order valence-electron chi connectivity index (χ1n) is 17.8. The first-order chi connectivity index (χ1) is 27.3. The third kappa shape index (κ3) is 6.71. The van der Waals surface area contributed by atoms with E-state index in [4.69, 9.17) is 16.2 Å². The van der Waals surface area contributed by atoms with Crippen molar-refractivity contribution in [1.82, 2.24) is 30.0 Å². The molecule has 57 heavy (non-hydrogen) atoms. The van der Waals surface area contributed by atoms with Gasteiger partial charge in [0.05, 0.1) is 32.9 Å². The number of ether oxygens (including phenoxy) is 1.